The van der Waals surface area contributed by atoms with Gasteiger partial charge in [0, 0.05) is 18.5 Å². The van der Waals surface area contributed by atoms with Gasteiger partial charge in [0.1, 0.15) is 17.4 Å². The standard InChI is InChI=1S/C19H21FN2O.ClH/c1-19(2)12-21-18(22-13-19)17(14-6-4-3-5-7-14)23-16-10-8-15(20)9-11-16;/h3-11,17H,12-13H2,1-2H3,(H,21,22);1H. The number of halogens is 2. The zero-order chi connectivity index (χ0) is 16.3. The second kappa shape index (κ2) is 7.67. The highest BCUT2D eigenvalue weighted by atomic mass is 35.5. The van der Waals surface area contributed by atoms with E-state index in [0.717, 1.165) is 24.5 Å². The van der Waals surface area contributed by atoms with Crippen LogP contribution in [0.5, 0.6) is 5.75 Å². The molecule has 0 spiro atoms. The second-order valence-corrected chi connectivity index (χ2v) is 6.58. The molecular formula is C19H22ClFN2O. The first kappa shape index (κ1) is 18.3. The van der Waals surface area contributed by atoms with E-state index in [-0.39, 0.29) is 29.7 Å². The third-order valence-electron chi connectivity index (χ3n) is 3.84. The van der Waals surface area contributed by atoms with E-state index in [1.54, 1.807) is 12.1 Å². The topological polar surface area (TPSA) is 33.6 Å². The van der Waals surface area contributed by atoms with E-state index < -0.39 is 0 Å². The van der Waals surface area contributed by atoms with Crippen LogP contribution in [-0.4, -0.2) is 18.9 Å². The zero-order valence-corrected chi connectivity index (χ0v) is 14.6. The van der Waals surface area contributed by atoms with Crippen molar-refractivity contribution in [1.29, 1.82) is 0 Å². The van der Waals surface area contributed by atoms with Gasteiger partial charge in [-0.2, -0.15) is 0 Å². The summed E-state index contributed by atoms with van der Waals surface area (Å²) in [4.78, 5) is 4.68. The van der Waals surface area contributed by atoms with E-state index in [4.69, 9.17) is 4.74 Å². The lowest BCUT2D eigenvalue weighted by molar-refractivity contribution is 0.257. The highest BCUT2D eigenvalue weighted by Gasteiger charge is 2.28. The molecular weight excluding hydrogens is 327 g/mol. The number of nitrogens with zero attached hydrogens (tertiary/aromatic N) is 1. The van der Waals surface area contributed by atoms with Crippen LogP contribution in [0.1, 0.15) is 25.5 Å². The molecule has 0 saturated heterocycles. The van der Waals surface area contributed by atoms with Gasteiger partial charge in [0.2, 0.25) is 0 Å². The number of aliphatic imine (C=N–C) groups is 1. The predicted octanol–water partition coefficient (Wildman–Crippen LogP) is 4.40. The van der Waals surface area contributed by atoms with E-state index in [9.17, 15) is 4.39 Å². The molecule has 2 aromatic rings. The number of amidine groups is 1. The number of hydrogen-bond donors (Lipinski definition) is 1. The Labute approximate surface area is 148 Å². The zero-order valence-electron chi connectivity index (χ0n) is 13.8. The first-order chi connectivity index (χ1) is 11.0. The Morgan fingerprint density at radius 3 is 2.33 bits per heavy atom. The highest BCUT2D eigenvalue weighted by molar-refractivity contribution is 5.88. The normalized spacial score (nSPS) is 17.0. The molecule has 1 atom stereocenters. The van der Waals surface area contributed by atoms with Crippen molar-refractivity contribution in [3.05, 3.63) is 66.0 Å². The fourth-order valence-electron chi connectivity index (χ4n) is 2.48. The maximum atomic E-state index is 13.1. The van der Waals surface area contributed by atoms with Gasteiger partial charge < -0.3 is 10.1 Å². The van der Waals surface area contributed by atoms with E-state index in [2.05, 4.69) is 24.2 Å². The van der Waals surface area contributed by atoms with E-state index >= 15 is 0 Å². The maximum absolute atomic E-state index is 13.1. The molecule has 2 aromatic carbocycles. The highest BCUT2D eigenvalue weighted by Crippen LogP contribution is 2.26. The van der Waals surface area contributed by atoms with Crippen molar-refractivity contribution >= 4 is 18.2 Å². The van der Waals surface area contributed by atoms with Crippen molar-refractivity contribution in [3.8, 4) is 5.75 Å². The molecule has 128 valence electrons. The molecule has 0 saturated carbocycles. The number of ether oxygens (including phenoxy) is 1. The lowest BCUT2D eigenvalue weighted by Crippen LogP contribution is -2.44. The van der Waals surface area contributed by atoms with Crippen LogP contribution in [0.4, 0.5) is 4.39 Å². The Hall–Kier alpha value is -2.07. The summed E-state index contributed by atoms with van der Waals surface area (Å²) < 4.78 is 19.2. The summed E-state index contributed by atoms with van der Waals surface area (Å²) in [7, 11) is 0. The molecule has 1 unspecified atom stereocenters. The van der Waals surface area contributed by atoms with Gasteiger partial charge in [-0.3, -0.25) is 4.99 Å². The number of rotatable bonds is 4. The Morgan fingerprint density at radius 1 is 1.08 bits per heavy atom. The van der Waals surface area contributed by atoms with Crippen molar-refractivity contribution in [2.45, 2.75) is 20.0 Å². The minimum absolute atomic E-state index is 0. The number of nitrogens with one attached hydrogen (secondary N) is 1. The molecule has 0 fully saturated rings. The lowest BCUT2D eigenvalue weighted by Gasteiger charge is -2.32. The molecule has 1 aliphatic rings. The summed E-state index contributed by atoms with van der Waals surface area (Å²) in [5.74, 6) is 1.16. The molecule has 24 heavy (non-hydrogen) atoms. The van der Waals surface area contributed by atoms with Crippen LogP contribution in [0.25, 0.3) is 0 Å². The number of hydrogen-bond acceptors (Lipinski definition) is 3. The van der Waals surface area contributed by atoms with Gasteiger partial charge >= 0.3 is 0 Å². The first-order valence-corrected chi connectivity index (χ1v) is 7.79. The van der Waals surface area contributed by atoms with Crippen LogP contribution in [0.2, 0.25) is 0 Å². The molecule has 0 radical (unpaired) electrons. The van der Waals surface area contributed by atoms with Gasteiger partial charge in [0.15, 0.2) is 6.10 Å². The molecule has 3 nitrogen and oxygen atoms in total. The Bertz CT molecular complexity index is 686. The van der Waals surface area contributed by atoms with E-state index in [1.165, 1.54) is 12.1 Å². The summed E-state index contributed by atoms with van der Waals surface area (Å²) in [6, 6.07) is 16.0. The Balaban J connectivity index is 0.00000208. The fraction of sp³-hybridized carbons (Fsp3) is 0.316. The van der Waals surface area contributed by atoms with Gasteiger partial charge in [0.05, 0.1) is 0 Å². The second-order valence-electron chi connectivity index (χ2n) is 6.58. The smallest absolute Gasteiger partial charge is 0.180 e. The van der Waals surface area contributed by atoms with Gasteiger partial charge in [-0.1, -0.05) is 44.2 Å². The quantitative estimate of drug-likeness (QED) is 0.888. The van der Waals surface area contributed by atoms with Crippen LogP contribution in [0.15, 0.2) is 59.6 Å². The van der Waals surface area contributed by atoms with Crippen LogP contribution >= 0.6 is 12.4 Å². The van der Waals surface area contributed by atoms with Crippen molar-refractivity contribution in [3.63, 3.8) is 0 Å². The summed E-state index contributed by atoms with van der Waals surface area (Å²) >= 11 is 0. The summed E-state index contributed by atoms with van der Waals surface area (Å²) in [5.41, 5.74) is 1.16. The molecule has 3 rings (SSSR count). The summed E-state index contributed by atoms with van der Waals surface area (Å²) in [5, 5.41) is 3.39. The van der Waals surface area contributed by atoms with Crippen LogP contribution in [0.3, 0.4) is 0 Å². The van der Waals surface area contributed by atoms with Gasteiger partial charge in [0.25, 0.3) is 0 Å². The van der Waals surface area contributed by atoms with E-state index in [1.807, 2.05) is 30.3 Å². The Morgan fingerprint density at radius 2 is 1.75 bits per heavy atom. The van der Waals surface area contributed by atoms with Crippen LogP contribution in [-0.2, 0) is 0 Å². The monoisotopic (exact) mass is 348 g/mol. The fourth-order valence-corrected chi connectivity index (χ4v) is 2.48. The largest absolute Gasteiger partial charge is 0.478 e. The summed E-state index contributed by atoms with van der Waals surface area (Å²) in [6.45, 7) is 5.96. The molecule has 1 aliphatic heterocycles. The SMILES string of the molecule is CC1(C)CN=C(C(Oc2ccc(F)cc2)c2ccccc2)NC1.Cl. The average molecular weight is 349 g/mol. The van der Waals surface area contributed by atoms with Gasteiger partial charge in [-0.15, -0.1) is 12.4 Å². The maximum Gasteiger partial charge on any atom is 0.180 e. The molecule has 0 bridgehead atoms. The van der Waals surface area contributed by atoms with Crippen molar-refractivity contribution in [2.75, 3.05) is 13.1 Å². The van der Waals surface area contributed by atoms with Crippen molar-refractivity contribution in [1.82, 2.24) is 5.32 Å². The molecule has 1 N–H and O–H groups in total. The minimum Gasteiger partial charge on any atom is -0.478 e. The van der Waals surface area contributed by atoms with Crippen LogP contribution in [0, 0.1) is 11.2 Å². The summed E-state index contributed by atoms with van der Waals surface area (Å²) in [6.07, 6.45) is -0.322. The van der Waals surface area contributed by atoms with Crippen LogP contribution < -0.4 is 10.1 Å². The number of benzene rings is 2. The Kier molecular flexibility index (Phi) is 5.84. The molecule has 0 amide bonds. The van der Waals surface area contributed by atoms with Gasteiger partial charge in [-0.25, -0.2) is 4.39 Å². The van der Waals surface area contributed by atoms with Crippen molar-refractivity contribution < 1.29 is 9.13 Å². The first-order valence-electron chi connectivity index (χ1n) is 7.79. The van der Waals surface area contributed by atoms with E-state index in [0.29, 0.717) is 5.75 Å². The predicted molar refractivity (Wildman–Crippen MR) is 97.5 cm³/mol. The third-order valence-corrected chi connectivity index (χ3v) is 3.84. The lowest BCUT2D eigenvalue weighted by atomic mass is 9.92. The molecule has 0 aliphatic carbocycles. The third kappa shape index (κ3) is 4.48. The van der Waals surface area contributed by atoms with Crippen molar-refractivity contribution in [2.24, 2.45) is 10.4 Å². The molecule has 1 heterocycles. The van der Waals surface area contributed by atoms with Gasteiger partial charge in [-0.05, 0) is 29.8 Å². The molecule has 0 aromatic heterocycles. The molecule has 5 heteroatoms. The minimum atomic E-state index is -0.322. The average Bonchev–Trinajstić information content (AvgIpc) is 2.56.